The smallest absolute Gasteiger partial charge is 0.339 e. The number of aryl methyl sites for hydroxylation is 1. The molecule has 1 aromatic heterocycles. The minimum Gasteiger partial charge on any atom is -0.465 e. The Labute approximate surface area is 152 Å². The highest BCUT2D eigenvalue weighted by atomic mass is 32.2. The van der Waals surface area contributed by atoms with Crippen molar-refractivity contribution in [1.82, 2.24) is 10.4 Å². The van der Waals surface area contributed by atoms with Crippen LogP contribution in [0.15, 0.2) is 10.1 Å². The molecule has 136 valence electrons. The maximum Gasteiger partial charge on any atom is 0.339 e. The van der Waals surface area contributed by atoms with Crippen LogP contribution in [-0.4, -0.2) is 40.2 Å². The van der Waals surface area contributed by atoms with Crippen molar-refractivity contribution in [3.63, 3.8) is 0 Å². The number of esters is 1. The molecular weight excluding hydrogens is 336 g/mol. The summed E-state index contributed by atoms with van der Waals surface area (Å²) in [5.41, 5.74) is 7.19. The average molecular weight is 362 g/mol. The zero-order valence-corrected chi connectivity index (χ0v) is 16.1. The summed E-state index contributed by atoms with van der Waals surface area (Å²) in [6.45, 7) is 5.93. The number of nitrogens with one attached hydrogen (secondary N) is 2. The normalized spacial score (nSPS) is 23.3. The minimum atomic E-state index is -0.318. The first-order valence-corrected chi connectivity index (χ1v) is 9.75. The molecule has 1 aliphatic carbocycles. The monoisotopic (exact) mass is 362 g/mol. The van der Waals surface area contributed by atoms with Crippen LogP contribution in [0.3, 0.4) is 0 Å². The molecule has 3 rings (SSSR count). The van der Waals surface area contributed by atoms with Gasteiger partial charge in [-0.25, -0.2) is 4.79 Å². The van der Waals surface area contributed by atoms with Gasteiger partial charge in [0.05, 0.1) is 35.4 Å². The van der Waals surface area contributed by atoms with Crippen LogP contribution in [0.25, 0.3) is 0 Å². The van der Waals surface area contributed by atoms with Gasteiger partial charge in [0.1, 0.15) is 0 Å². The van der Waals surface area contributed by atoms with Gasteiger partial charge in [-0.15, -0.1) is 0 Å². The quantitative estimate of drug-likeness (QED) is 0.806. The van der Waals surface area contributed by atoms with Gasteiger partial charge in [0.2, 0.25) is 0 Å². The number of rotatable bonds is 3. The number of hydrogen-bond donors (Lipinski definition) is 2. The van der Waals surface area contributed by atoms with Crippen molar-refractivity contribution in [2.45, 2.75) is 64.2 Å². The van der Waals surface area contributed by atoms with Gasteiger partial charge >= 0.3 is 5.97 Å². The molecule has 0 saturated heterocycles. The Morgan fingerprint density at radius 3 is 2.64 bits per heavy atom. The highest BCUT2D eigenvalue weighted by Gasteiger charge is 2.28. The molecule has 2 heterocycles. The number of methoxy groups -OCH3 is 1. The topological polar surface area (TPSA) is 78.8 Å². The number of thioether (sulfide) groups is 1. The maximum absolute atomic E-state index is 12.0. The number of aromatic nitrogens is 1. The van der Waals surface area contributed by atoms with Gasteiger partial charge in [0, 0.05) is 5.69 Å². The number of hydrogen-bond acceptors (Lipinski definition) is 5. The molecular formula is C18H26N4O2S. The van der Waals surface area contributed by atoms with Gasteiger partial charge in [0.15, 0.2) is 5.17 Å². The Morgan fingerprint density at radius 2 is 2.00 bits per heavy atom. The molecule has 1 fully saturated rings. The van der Waals surface area contributed by atoms with Gasteiger partial charge in [-0.1, -0.05) is 31.0 Å². The first-order chi connectivity index (χ1) is 12.0. The van der Waals surface area contributed by atoms with Gasteiger partial charge in [0.25, 0.3) is 0 Å². The molecule has 7 heteroatoms. The third-order valence-corrected chi connectivity index (χ3v) is 5.90. The Morgan fingerprint density at radius 1 is 1.28 bits per heavy atom. The molecule has 0 bridgehead atoms. The largest absolute Gasteiger partial charge is 0.465 e. The number of H-pyrrole nitrogens is 1. The summed E-state index contributed by atoms with van der Waals surface area (Å²) in [5.74, 6) is -0.318. The number of ether oxygens (including phenoxy) is 1. The predicted octanol–water partition coefficient (Wildman–Crippen LogP) is 3.54. The second-order valence-electron chi connectivity index (χ2n) is 6.71. The van der Waals surface area contributed by atoms with E-state index in [0.717, 1.165) is 27.8 Å². The standard InChI is InChI=1S/C18H26N4O2S/c1-10-14(17(23)24-4)11(2)19-15(10)16-12(3)25-18(22-21-16)20-13-8-6-5-7-9-13/h12-13,19H,5-9H2,1-4H3,(H,20,22). The predicted molar refractivity (Wildman–Crippen MR) is 103 cm³/mol. The third kappa shape index (κ3) is 3.76. The molecule has 1 unspecified atom stereocenters. The highest BCUT2D eigenvalue weighted by Crippen LogP contribution is 2.28. The van der Waals surface area contributed by atoms with Crippen LogP contribution < -0.4 is 5.43 Å². The van der Waals surface area contributed by atoms with E-state index in [1.807, 2.05) is 13.8 Å². The summed E-state index contributed by atoms with van der Waals surface area (Å²) in [4.78, 5) is 20.1. The lowest BCUT2D eigenvalue weighted by atomic mass is 9.96. The second kappa shape index (κ2) is 7.64. The number of nitrogens with zero attached hydrogens (tertiary/aromatic N) is 2. The van der Waals surface area contributed by atoms with E-state index in [1.165, 1.54) is 39.2 Å². The van der Waals surface area contributed by atoms with E-state index in [-0.39, 0.29) is 11.2 Å². The Kier molecular flexibility index (Phi) is 5.51. The zero-order valence-electron chi connectivity index (χ0n) is 15.3. The molecule has 6 nitrogen and oxygen atoms in total. The summed E-state index contributed by atoms with van der Waals surface area (Å²) in [7, 11) is 1.40. The minimum absolute atomic E-state index is 0.158. The summed E-state index contributed by atoms with van der Waals surface area (Å²) in [6, 6.07) is 0.424. The Hall–Kier alpha value is -1.76. The first kappa shape index (κ1) is 18.0. The van der Waals surface area contributed by atoms with E-state index in [2.05, 4.69) is 22.4 Å². The lowest BCUT2D eigenvalue weighted by Crippen LogP contribution is -2.32. The highest BCUT2D eigenvalue weighted by molar-refractivity contribution is 8.15. The van der Waals surface area contributed by atoms with E-state index >= 15 is 0 Å². The number of carbonyl (C=O) groups is 1. The molecule has 1 atom stereocenters. The van der Waals surface area contributed by atoms with Crippen molar-refractivity contribution >= 4 is 28.6 Å². The first-order valence-electron chi connectivity index (χ1n) is 8.87. The number of aliphatic imine (C=N–C) groups is 1. The molecule has 1 aromatic rings. The summed E-state index contributed by atoms with van der Waals surface area (Å²) in [5, 5.41) is 5.62. The van der Waals surface area contributed by atoms with Crippen LogP contribution in [0.4, 0.5) is 0 Å². The van der Waals surface area contributed by atoms with Crippen LogP contribution in [0, 0.1) is 13.8 Å². The Balaban J connectivity index is 1.82. The van der Waals surface area contributed by atoms with Crippen molar-refractivity contribution in [3.8, 4) is 0 Å². The molecule has 1 saturated carbocycles. The summed E-state index contributed by atoms with van der Waals surface area (Å²) < 4.78 is 4.89. The molecule has 2 N–H and O–H groups in total. The third-order valence-electron chi connectivity index (χ3n) is 4.90. The van der Waals surface area contributed by atoms with Crippen molar-refractivity contribution in [3.05, 3.63) is 22.5 Å². The summed E-state index contributed by atoms with van der Waals surface area (Å²) in [6.07, 6.45) is 6.22. The zero-order chi connectivity index (χ0) is 18.0. The van der Waals surface area contributed by atoms with Crippen LogP contribution >= 0.6 is 11.8 Å². The second-order valence-corrected chi connectivity index (χ2v) is 8.04. The van der Waals surface area contributed by atoms with E-state index in [9.17, 15) is 4.79 Å². The van der Waals surface area contributed by atoms with Crippen molar-refractivity contribution < 1.29 is 9.53 Å². The maximum atomic E-state index is 12.0. The SMILES string of the molecule is COC(=O)c1c(C)[nH]c(C2=NNC(=NC3CCCCC3)SC2C)c1C. The van der Waals surface area contributed by atoms with Crippen molar-refractivity contribution in [1.29, 1.82) is 0 Å². The molecule has 0 amide bonds. The lowest BCUT2D eigenvalue weighted by Gasteiger charge is -2.24. The van der Waals surface area contributed by atoms with Crippen molar-refractivity contribution in [2.75, 3.05) is 7.11 Å². The average Bonchev–Trinajstić information content (AvgIpc) is 2.90. The van der Waals surface area contributed by atoms with Crippen molar-refractivity contribution in [2.24, 2.45) is 10.1 Å². The summed E-state index contributed by atoms with van der Waals surface area (Å²) >= 11 is 1.69. The van der Waals surface area contributed by atoms with E-state index in [4.69, 9.17) is 9.73 Å². The molecule has 0 spiro atoms. The number of aromatic amines is 1. The van der Waals surface area contributed by atoms with Crippen LogP contribution in [-0.2, 0) is 4.74 Å². The van der Waals surface area contributed by atoms with Gasteiger partial charge in [-0.3, -0.25) is 10.4 Å². The fraction of sp³-hybridized carbons (Fsp3) is 0.611. The Bertz CT molecular complexity index is 717. The van der Waals surface area contributed by atoms with Gasteiger partial charge < -0.3 is 9.72 Å². The molecule has 1 aliphatic heterocycles. The van der Waals surface area contributed by atoms with Crippen LogP contribution in [0.2, 0.25) is 0 Å². The van der Waals surface area contributed by atoms with Crippen LogP contribution in [0.5, 0.6) is 0 Å². The van der Waals surface area contributed by atoms with E-state index in [0.29, 0.717) is 11.6 Å². The molecule has 25 heavy (non-hydrogen) atoms. The lowest BCUT2D eigenvalue weighted by molar-refractivity contribution is 0.0599. The fourth-order valence-corrected chi connectivity index (χ4v) is 4.48. The molecule has 0 radical (unpaired) electrons. The molecule has 0 aromatic carbocycles. The fourth-order valence-electron chi connectivity index (χ4n) is 3.56. The van der Waals surface area contributed by atoms with Gasteiger partial charge in [-0.2, -0.15) is 5.10 Å². The number of carbonyl (C=O) groups excluding carboxylic acids is 1. The van der Waals surface area contributed by atoms with Gasteiger partial charge in [-0.05, 0) is 39.2 Å². The van der Waals surface area contributed by atoms with E-state index < -0.39 is 0 Å². The number of amidine groups is 1. The molecule has 2 aliphatic rings. The van der Waals surface area contributed by atoms with Crippen LogP contribution in [0.1, 0.15) is 66.3 Å². The van der Waals surface area contributed by atoms with E-state index in [1.54, 1.807) is 11.8 Å². The number of hydrazone groups is 1.